The van der Waals surface area contributed by atoms with Crippen LogP contribution in [0.4, 0.5) is 0 Å². The summed E-state index contributed by atoms with van der Waals surface area (Å²) in [7, 11) is -3.40. The van der Waals surface area contributed by atoms with Gasteiger partial charge in [0.1, 0.15) is 18.7 Å². The fourth-order valence-corrected chi connectivity index (χ4v) is 6.34. The molecule has 0 saturated carbocycles. The number of rotatable bonds is 1. The first-order valence-corrected chi connectivity index (χ1v) is 10.00. The molecule has 1 aliphatic rings. The molecule has 4 nitrogen and oxygen atoms in total. The monoisotopic (exact) mass is 447 g/mol. The van der Waals surface area contributed by atoms with Gasteiger partial charge in [-0.1, -0.05) is 29.8 Å². The fraction of sp³-hybridized carbons (Fsp3) is 0.400. The molecule has 0 amide bonds. The summed E-state index contributed by atoms with van der Waals surface area (Å²) in [6, 6.07) is 5.74. The SMILES string of the molecule is Cc1ccc2c(Br)cc(Br)c([P+]3([O-])OCC(C)(C)CO3)c2n1. The first-order valence-electron chi connectivity index (χ1n) is 6.87. The largest absolute Gasteiger partial charge is 0.627 e. The molecule has 0 unspecified atom stereocenters. The predicted molar refractivity (Wildman–Crippen MR) is 94.1 cm³/mol. The molecular weight excluding hydrogens is 433 g/mol. The molecular formula is C15H16Br2NO3P. The molecule has 1 aromatic heterocycles. The zero-order valence-electron chi connectivity index (χ0n) is 12.5. The van der Waals surface area contributed by atoms with Crippen molar-refractivity contribution in [3.05, 3.63) is 32.8 Å². The molecule has 0 N–H and O–H groups in total. The maximum absolute atomic E-state index is 13.3. The summed E-state index contributed by atoms with van der Waals surface area (Å²) in [4.78, 5) is 17.8. The zero-order valence-corrected chi connectivity index (χ0v) is 16.6. The normalized spacial score (nSPS) is 20.3. The van der Waals surface area contributed by atoms with E-state index in [1.54, 1.807) is 0 Å². The molecule has 0 aliphatic carbocycles. The summed E-state index contributed by atoms with van der Waals surface area (Å²) in [5, 5.41) is 1.39. The second kappa shape index (κ2) is 5.76. The van der Waals surface area contributed by atoms with Crippen molar-refractivity contribution in [2.45, 2.75) is 20.8 Å². The Morgan fingerprint density at radius 2 is 1.82 bits per heavy atom. The summed E-state index contributed by atoms with van der Waals surface area (Å²) in [5.41, 5.74) is 1.35. The molecule has 2 heterocycles. The van der Waals surface area contributed by atoms with Gasteiger partial charge in [0, 0.05) is 21.0 Å². The first kappa shape index (κ1) is 16.7. The maximum Gasteiger partial charge on any atom is 0.274 e. The Balaban J connectivity index is 2.20. The third-order valence-corrected chi connectivity index (χ3v) is 7.05. The third kappa shape index (κ3) is 2.97. The number of fused-ring (bicyclic) bond motifs is 1. The van der Waals surface area contributed by atoms with Crippen molar-refractivity contribution in [3.8, 4) is 0 Å². The number of pyridine rings is 1. The number of aryl methyl sites for hydroxylation is 1. The van der Waals surface area contributed by atoms with E-state index in [9.17, 15) is 4.89 Å². The molecule has 1 aliphatic heterocycles. The van der Waals surface area contributed by atoms with Gasteiger partial charge in [-0.15, -0.1) is 0 Å². The van der Waals surface area contributed by atoms with Crippen LogP contribution < -0.4 is 10.2 Å². The Morgan fingerprint density at radius 3 is 2.45 bits per heavy atom. The number of hydrogen-bond acceptors (Lipinski definition) is 4. The fourth-order valence-electron chi connectivity index (χ4n) is 2.29. The van der Waals surface area contributed by atoms with E-state index in [0.717, 1.165) is 15.6 Å². The highest BCUT2D eigenvalue weighted by Gasteiger charge is 2.46. The first-order chi connectivity index (χ1) is 10.2. The van der Waals surface area contributed by atoms with Gasteiger partial charge < -0.3 is 4.89 Å². The van der Waals surface area contributed by atoms with Crippen molar-refractivity contribution >= 4 is 56.0 Å². The van der Waals surface area contributed by atoms with Crippen LogP contribution >= 0.6 is 39.8 Å². The van der Waals surface area contributed by atoms with Gasteiger partial charge in [-0.3, -0.25) is 0 Å². The Hall–Kier alpha value is -0.100. The topological polar surface area (TPSA) is 54.4 Å². The van der Waals surface area contributed by atoms with E-state index in [0.29, 0.717) is 28.5 Å². The number of nitrogens with zero attached hydrogens (tertiary/aromatic N) is 1. The van der Waals surface area contributed by atoms with Gasteiger partial charge in [-0.2, -0.15) is 0 Å². The molecule has 0 bridgehead atoms. The van der Waals surface area contributed by atoms with Crippen LogP contribution in [0.5, 0.6) is 0 Å². The number of hydrogen-bond donors (Lipinski definition) is 0. The van der Waals surface area contributed by atoms with Crippen LogP contribution in [0.3, 0.4) is 0 Å². The van der Waals surface area contributed by atoms with Gasteiger partial charge in [0.05, 0.1) is 4.47 Å². The average Bonchev–Trinajstić information content (AvgIpc) is 2.42. The third-order valence-electron chi connectivity index (χ3n) is 3.52. The minimum atomic E-state index is -3.40. The maximum atomic E-state index is 13.3. The Kier molecular flexibility index (Phi) is 4.39. The van der Waals surface area contributed by atoms with Crippen LogP contribution in [-0.2, 0) is 9.05 Å². The quantitative estimate of drug-likeness (QED) is 0.621. The average molecular weight is 449 g/mol. The van der Waals surface area contributed by atoms with Crippen LogP contribution in [0.1, 0.15) is 19.5 Å². The molecule has 0 spiro atoms. The summed E-state index contributed by atoms with van der Waals surface area (Å²) in [6.45, 7) is 6.72. The van der Waals surface area contributed by atoms with E-state index >= 15 is 0 Å². The van der Waals surface area contributed by atoms with Gasteiger partial charge in [-0.25, -0.2) is 14.0 Å². The van der Waals surface area contributed by atoms with E-state index in [2.05, 4.69) is 36.8 Å². The zero-order chi connectivity index (χ0) is 16.1. The molecule has 1 fully saturated rings. The Labute approximate surface area is 147 Å². The highest BCUT2D eigenvalue weighted by molar-refractivity contribution is 9.11. The minimum Gasteiger partial charge on any atom is -0.627 e. The second-order valence-electron chi connectivity index (χ2n) is 6.25. The van der Waals surface area contributed by atoms with Gasteiger partial charge in [0.25, 0.3) is 7.94 Å². The summed E-state index contributed by atoms with van der Waals surface area (Å²) >= 11 is 7.01. The van der Waals surface area contributed by atoms with Crippen LogP contribution in [0.2, 0.25) is 0 Å². The Bertz CT molecular complexity index is 741. The van der Waals surface area contributed by atoms with Gasteiger partial charge in [0.15, 0.2) is 5.30 Å². The highest BCUT2D eigenvalue weighted by Crippen LogP contribution is 2.58. The minimum absolute atomic E-state index is 0.144. The predicted octanol–water partition coefficient (Wildman–Crippen LogP) is 3.89. The van der Waals surface area contributed by atoms with Crippen molar-refractivity contribution in [3.63, 3.8) is 0 Å². The highest BCUT2D eigenvalue weighted by atomic mass is 79.9. The van der Waals surface area contributed by atoms with Crippen LogP contribution in [0, 0.1) is 12.3 Å². The number of benzene rings is 1. The van der Waals surface area contributed by atoms with E-state index in [1.165, 1.54) is 0 Å². The molecule has 7 heteroatoms. The summed E-state index contributed by atoms with van der Waals surface area (Å²) in [5.74, 6) is 0. The van der Waals surface area contributed by atoms with Crippen molar-refractivity contribution in [1.82, 2.24) is 4.98 Å². The van der Waals surface area contributed by atoms with Gasteiger partial charge in [0.2, 0.25) is 0 Å². The van der Waals surface area contributed by atoms with Crippen molar-refractivity contribution in [1.29, 1.82) is 0 Å². The van der Waals surface area contributed by atoms with Crippen LogP contribution in [-0.4, -0.2) is 18.2 Å². The van der Waals surface area contributed by atoms with Crippen LogP contribution in [0.15, 0.2) is 27.1 Å². The van der Waals surface area contributed by atoms with E-state index < -0.39 is 7.94 Å². The van der Waals surface area contributed by atoms with Gasteiger partial charge >= 0.3 is 0 Å². The Morgan fingerprint density at radius 1 is 1.18 bits per heavy atom. The van der Waals surface area contributed by atoms with Gasteiger partial charge in [-0.05, 0) is 41.1 Å². The lowest BCUT2D eigenvalue weighted by molar-refractivity contribution is -0.227. The number of halogens is 2. The molecule has 2 aromatic rings. The smallest absolute Gasteiger partial charge is 0.274 e. The molecule has 3 rings (SSSR count). The lowest BCUT2D eigenvalue weighted by Crippen LogP contribution is -2.39. The summed E-state index contributed by atoms with van der Waals surface area (Å²) in [6.07, 6.45) is 0. The molecule has 22 heavy (non-hydrogen) atoms. The molecule has 0 radical (unpaired) electrons. The lowest BCUT2D eigenvalue weighted by atomic mass is 9.97. The molecule has 1 aromatic carbocycles. The van der Waals surface area contributed by atoms with Crippen molar-refractivity contribution < 1.29 is 13.9 Å². The second-order valence-corrected chi connectivity index (χ2v) is 9.91. The standard InChI is InChI=1S/C15H16Br2NO3P/c1-9-4-5-10-11(16)6-12(17)14(13(10)18-9)22(19)20-7-15(2,3)8-21-22/h4-6H,7-8H2,1-3H3. The molecule has 1 saturated heterocycles. The van der Waals surface area contributed by atoms with Crippen molar-refractivity contribution in [2.24, 2.45) is 5.41 Å². The van der Waals surface area contributed by atoms with Crippen LogP contribution in [0.25, 0.3) is 10.9 Å². The van der Waals surface area contributed by atoms with Crippen molar-refractivity contribution in [2.75, 3.05) is 13.2 Å². The number of aromatic nitrogens is 1. The summed E-state index contributed by atoms with van der Waals surface area (Å²) < 4.78 is 12.9. The van der Waals surface area contributed by atoms with E-state index in [-0.39, 0.29) is 5.41 Å². The van der Waals surface area contributed by atoms with E-state index in [1.807, 2.05) is 39.0 Å². The molecule has 118 valence electrons. The lowest BCUT2D eigenvalue weighted by Gasteiger charge is -2.38. The molecule has 0 atom stereocenters. The van der Waals surface area contributed by atoms with E-state index in [4.69, 9.17) is 9.05 Å².